The van der Waals surface area contributed by atoms with E-state index in [0.29, 0.717) is 18.9 Å². The van der Waals surface area contributed by atoms with Gasteiger partial charge in [-0.1, -0.05) is 13.8 Å². The van der Waals surface area contributed by atoms with Gasteiger partial charge in [0.1, 0.15) is 0 Å². The zero-order valence-electron chi connectivity index (χ0n) is 10.8. The fourth-order valence-corrected chi connectivity index (χ4v) is 2.71. The van der Waals surface area contributed by atoms with E-state index in [4.69, 9.17) is 5.73 Å². The largest absolute Gasteiger partial charge is 0.349 e. The SMILES string of the molecule is CC(C)CC(C)(CN)NC(=O)Cc1ccsc1. The van der Waals surface area contributed by atoms with Crippen molar-refractivity contribution < 1.29 is 4.79 Å². The molecule has 0 saturated carbocycles. The summed E-state index contributed by atoms with van der Waals surface area (Å²) < 4.78 is 0. The molecule has 1 aromatic heterocycles. The quantitative estimate of drug-likeness (QED) is 0.817. The molecule has 0 fully saturated rings. The molecular formula is C13H22N2OS. The highest BCUT2D eigenvalue weighted by molar-refractivity contribution is 7.07. The Labute approximate surface area is 107 Å². The predicted molar refractivity (Wildman–Crippen MR) is 73.1 cm³/mol. The molecule has 1 rings (SSSR count). The number of rotatable bonds is 6. The van der Waals surface area contributed by atoms with Gasteiger partial charge >= 0.3 is 0 Å². The van der Waals surface area contributed by atoms with Crippen molar-refractivity contribution >= 4 is 17.2 Å². The van der Waals surface area contributed by atoms with Gasteiger partial charge in [0.2, 0.25) is 5.91 Å². The van der Waals surface area contributed by atoms with Gasteiger partial charge in [0, 0.05) is 12.1 Å². The van der Waals surface area contributed by atoms with Crippen molar-refractivity contribution in [1.82, 2.24) is 5.32 Å². The number of carbonyl (C=O) groups excluding carboxylic acids is 1. The van der Waals surface area contributed by atoms with Crippen LogP contribution in [0.2, 0.25) is 0 Å². The van der Waals surface area contributed by atoms with Crippen molar-refractivity contribution in [2.24, 2.45) is 11.7 Å². The van der Waals surface area contributed by atoms with Crippen LogP contribution in [0.1, 0.15) is 32.8 Å². The van der Waals surface area contributed by atoms with Crippen LogP contribution in [0, 0.1) is 5.92 Å². The van der Waals surface area contributed by atoms with Crippen molar-refractivity contribution in [2.45, 2.75) is 39.2 Å². The first kappa shape index (κ1) is 14.2. The number of nitrogens with two attached hydrogens (primary N) is 1. The summed E-state index contributed by atoms with van der Waals surface area (Å²) in [6.45, 7) is 6.76. The molecule has 0 aliphatic rings. The molecule has 0 aliphatic heterocycles. The van der Waals surface area contributed by atoms with Gasteiger partial charge in [0.25, 0.3) is 0 Å². The molecule has 4 heteroatoms. The number of hydrogen-bond acceptors (Lipinski definition) is 3. The molecule has 3 N–H and O–H groups in total. The van der Waals surface area contributed by atoms with Gasteiger partial charge in [0.15, 0.2) is 0 Å². The molecule has 0 spiro atoms. The van der Waals surface area contributed by atoms with E-state index < -0.39 is 0 Å². The topological polar surface area (TPSA) is 55.1 Å². The smallest absolute Gasteiger partial charge is 0.224 e. The molecule has 1 amide bonds. The number of hydrogen-bond donors (Lipinski definition) is 2. The highest BCUT2D eigenvalue weighted by atomic mass is 32.1. The molecule has 0 bridgehead atoms. The lowest BCUT2D eigenvalue weighted by Gasteiger charge is -2.31. The third kappa shape index (κ3) is 4.88. The summed E-state index contributed by atoms with van der Waals surface area (Å²) in [6, 6.07) is 1.98. The van der Waals surface area contributed by atoms with Gasteiger partial charge in [-0.15, -0.1) is 0 Å². The van der Waals surface area contributed by atoms with E-state index >= 15 is 0 Å². The van der Waals surface area contributed by atoms with E-state index in [9.17, 15) is 4.79 Å². The molecular weight excluding hydrogens is 232 g/mol. The van der Waals surface area contributed by atoms with Crippen LogP contribution >= 0.6 is 11.3 Å². The van der Waals surface area contributed by atoms with E-state index in [1.54, 1.807) is 11.3 Å². The summed E-state index contributed by atoms with van der Waals surface area (Å²) >= 11 is 1.61. The van der Waals surface area contributed by atoms with E-state index in [0.717, 1.165) is 12.0 Å². The average molecular weight is 254 g/mol. The van der Waals surface area contributed by atoms with Crippen molar-refractivity contribution in [1.29, 1.82) is 0 Å². The third-order valence-corrected chi connectivity index (χ3v) is 3.43. The molecule has 3 nitrogen and oxygen atoms in total. The minimum Gasteiger partial charge on any atom is -0.349 e. The zero-order chi connectivity index (χ0) is 12.9. The van der Waals surface area contributed by atoms with E-state index in [2.05, 4.69) is 19.2 Å². The first-order chi connectivity index (χ1) is 7.95. The Balaban J connectivity index is 2.53. The second-order valence-electron chi connectivity index (χ2n) is 5.22. The van der Waals surface area contributed by atoms with Gasteiger partial charge in [0.05, 0.1) is 6.42 Å². The molecule has 0 radical (unpaired) electrons. The van der Waals surface area contributed by atoms with Crippen LogP contribution in [0.25, 0.3) is 0 Å². The predicted octanol–water partition coefficient (Wildman–Crippen LogP) is 2.17. The first-order valence-electron chi connectivity index (χ1n) is 5.97. The van der Waals surface area contributed by atoms with Crippen LogP contribution in [-0.2, 0) is 11.2 Å². The molecule has 1 atom stereocenters. The zero-order valence-corrected chi connectivity index (χ0v) is 11.6. The summed E-state index contributed by atoms with van der Waals surface area (Å²) in [7, 11) is 0. The maximum absolute atomic E-state index is 11.9. The lowest BCUT2D eigenvalue weighted by Crippen LogP contribution is -2.52. The highest BCUT2D eigenvalue weighted by Crippen LogP contribution is 2.16. The molecule has 0 aromatic carbocycles. The molecule has 0 saturated heterocycles. The second kappa shape index (κ2) is 6.17. The Morgan fingerprint density at radius 2 is 2.29 bits per heavy atom. The van der Waals surface area contributed by atoms with Gasteiger partial charge in [-0.05, 0) is 41.7 Å². The lowest BCUT2D eigenvalue weighted by atomic mass is 9.90. The minimum atomic E-state index is -0.290. The molecule has 17 heavy (non-hydrogen) atoms. The maximum atomic E-state index is 11.9. The molecule has 1 aromatic rings. The Morgan fingerprint density at radius 1 is 1.59 bits per heavy atom. The molecule has 0 aliphatic carbocycles. The number of amides is 1. The highest BCUT2D eigenvalue weighted by Gasteiger charge is 2.25. The average Bonchev–Trinajstić information content (AvgIpc) is 2.68. The van der Waals surface area contributed by atoms with Crippen molar-refractivity contribution in [2.75, 3.05) is 6.54 Å². The summed E-state index contributed by atoms with van der Waals surface area (Å²) in [5, 5.41) is 7.04. The number of nitrogens with one attached hydrogen (secondary N) is 1. The van der Waals surface area contributed by atoms with Crippen LogP contribution < -0.4 is 11.1 Å². The second-order valence-corrected chi connectivity index (χ2v) is 6.00. The van der Waals surface area contributed by atoms with Crippen molar-refractivity contribution in [3.05, 3.63) is 22.4 Å². The standard InChI is InChI=1S/C13H22N2OS/c1-10(2)7-13(3,9-14)15-12(16)6-11-4-5-17-8-11/h4-5,8,10H,6-7,9,14H2,1-3H3,(H,15,16). The molecule has 1 heterocycles. The normalized spacial score (nSPS) is 14.6. The van der Waals surface area contributed by atoms with E-state index in [1.165, 1.54) is 0 Å². The van der Waals surface area contributed by atoms with Crippen molar-refractivity contribution in [3.8, 4) is 0 Å². The van der Waals surface area contributed by atoms with Crippen LogP contribution in [0.4, 0.5) is 0 Å². The monoisotopic (exact) mass is 254 g/mol. The fraction of sp³-hybridized carbons (Fsp3) is 0.615. The van der Waals surface area contributed by atoms with Crippen LogP contribution in [-0.4, -0.2) is 18.0 Å². The lowest BCUT2D eigenvalue weighted by molar-refractivity contribution is -0.122. The number of thiophene rings is 1. The van der Waals surface area contributed by atoms with Crippen molar-refractivity contribution in [3.63, 3.8) is 0 Å². The Hall–Kier alpha value is -0.870. The summed E-state index contributed by atoms with van der Waals surface area (Å²) in [4.78, 5) is 11.9. The summed E-state index contributed by atoms with van der Waals surface area (Å²) in [5.74, 6) is 0.571. The summed E-state index contributed by atoms with van der Waals surface area (Å²) in [5.41, 5.74) is 6.54. The van der Waals surface area contributed by atoms with Crippen LogP contribution in [0.15, 0.2) is 16.8 Å². The van der Waals surface area contributed by atoms with E-state index in [-0.39, 0.29) is 11.4 Å². The van der Waals surface area contributed by atoms with Gasteiger partial charge in [-0.2, -0.15) is 11.3 Å². The Kier molecular flexibility index (Phi) is 5.15. The van der Waals surface area contributed by atoms with Crippen LogP contribution in [0.3, 0.4) is 0 Å². The van der Waals surface area contributed by atoms with Gasteiger partial charge in [-0.3, -0.25) is 4.79 Å². The summed E-state index contributed by atoms with van der Waals surface area (Å²) in [6.07, 6.45) is 1.34. The van der Waals surface area contributed by atoms with Crippen LogP contribution in [0.5, 0.6) is 0 Å². The molecule has 96 valence electrons. The van der Waals surface area contributed by atoms with E-state index in [1.807, 2.05) is 23.8 Å². The Morgan fingerprint density at radius 3 is 2.76 bits per heavy atom. The minimum absolute atomic E-state index is 0.0528. The fourth-order valence-electron chi connectivity index (χ4n) is 2.05. The van der Waals surface area contributed by atoms with Gasteiger partial charge < -0.3 is 11.1 Å². The molecule has 1 unspecified atom stereocenters. The first-order valence-corrected chi connectivity index (χ1v) is 6.91. The maximum Gasteiger partial charge on any atom is 0.224 e. The third-order valence-electron chi connectivity index (χ3n) is 2.70. The van der Waals surface area contributed by atoms with Gasteiger partial charge in [-0.25, -0.2) is 0 Å². The number of carbonyl (C=O) groups is 1. The Bertz CT molecular complexity index is 348.